The number of benzene rings is 1. The van der Waals surface area contributed by atoms with Crippen molar-refractivity contribution in [1.82, 2.24) is 4.98 Å². The molecule has 128 valence electrons. The average molecular weight is 328 g/mol. The van der Waals surface area contributed by atoms with Gasteiger partial charge in [0.05, 0.1) is 24.3 Å². The van der Waals surface area contributed by atoms with Crippen LogP contribution in [0.15, 0.2) is 30.5 Å². The number of rotatable bonds is 2. The van der Waals surface area contributed by atoms with Gasteiger partial charge in [-0.2, -0.15) is 0 Å². The van der Waals surface area contributed by atoms with Crippen LogP contribution in [0.25, 0.3) is 10.9 Å². The number of aromatic nitrogens is 1. The van der Waals surface area contributed by atoms with Crippen LogP contribution in [0.5, 0.6) is 0 Å². The van der Waals surface area contributed by atoms with Gasteiger partial charge < -0.3 is 14.4 Å². The predicted octanol–water partition coefficient (Wildman–Crippen LogP) is 3.42. The fourth-order valence-electron chi connectivity index (χ4n) is 2.93. The molecule has 5 heteroatoms. The second-order valence-corrected chi connectivity index (χ2v) is 7.18. The second-order valence-electron chi connectivity index (χ2n) is 7.18. The van der Waals surface area contributed by atoms with Crippen LogP contribution in [0.1, 0.15) is 38.1 Å². The summed E-state index contributed by atoms with van der Waals surface area (Å²) in [5.74, 6) is -0.318. The lowest BCUT2D eigenvalue weighted by molar-refractivity contribution is 0.00718. The molecule has 0 unspecified atom stereocenters. The van der Waals surface area contributed by atoms with Crippen molar-refractivity contribution in [3.05, 3.63) is 36.0 Å². The third-order valence-electron chi connectivity index (χ3n) is 4.04. The van der Waals surface area contributed by atoms with Crippen molar-refractivity contribution in [2.24, 2.45) is 0 Å². The molecule has 1 atom stereocenters. The fraction of sp³-hybridized carbons (Fsp3) is 0.474. The second kappa shape index (κ2) is 6.40. The molecule has 0 aliphatic carbocycles. The van der Waals surface area contributed by atoms with E-state index < -0.39 is 5.60 Å². The lowest BCUT2D eigenvalue weighted by Gasteiger charge is -2.35. The van der Waals surface area contributed by atoms with Crippen LogP contribution in [0.4, 0.5) is 5.69 Å². The SMILES string of the molecule is C[C@H]1COCCN1c1ccc2nccc(C(=O)OC(C)(C)C)c2c1. The van der Waals surface area contributed by atoms with Crippen molar-refractivity contribution in [2.45, 2.75) is 39.3 Å². The molecule has 0 radical (unpaired) electrons. The maximum absolute atomic E-state index is 12.5. The number of nitrogens with zero attached hydrogens (tertiary/aromatic N) is 2. The number of fused-ring (bicyclic) bond motifs is 1. The number of morpholine rings is 1. The van der Waals surface area contributed by atoms with Crippen LogP contribution >= 0.6 is 0 Å². The van der Waals surface area contributed by atoms with E-state index >= 15 is 0 Å². The van der Waals surface area contributed by atoms with E-state index in [2.05, 4.69) is 22.9 Å². The highest BCUT2D eigenvalue weighted by Crippen LogP contribution is 2.27. The number of anilines is 1. The number of carbonyl (C=O) groups is 1. The van der Waals surface area contributed by atoms with Gasteiger partial charge >= 0.3 is 5.97 Å². The molecule has 0 saturated carbocycles. The highest BCUT2D eigenvalue weighted by Gasteiger charge is 2.22. The first-order chi connectivity index (χ1) is 11.3. The molecule has 0 N–H and O–H groups in total. The Hall–Kier alpha value is -2.14. The van der Waals surface area contributed by atoms with Crippen molar-refractivity contribution in [3.63, 3.8) is 0 Å². The summed E-state index contributed by atoms with van der Waals surface area (Å²) in [6, 6.07) is 8.07. The summed E-state index contributed by atoms with van der Waals surface area (Å²) in [7, 11) is 0. The first-order valence-electron chi connectivity index (χ1n) is 8.32. The average Bonchev–Trinajstić information content (AvgIpc) is 2.52. The van der Waals surface area contributed by atoms with E-state index in [1.54, 1.807) is 12.3 Å². The molecule has 0 amide bonds. The Bertz CT molecular complexity index is 752. The Balaban J connectivity index is 2.01. The molecule has 1 aliphatic heterocycles. The minimum atomic E-state index is -0.525. The number of carbonyl (C=O) groups excluding carboxylic acids is 1. The van der Waals surface area contributed by atoms with Crippen LogP contribution in [-0.4, -0.2) is 42.4 Å². The predicted molar refractivity (Wildman–Crippen MR) is 94.5 cm³/mol. The van der Waals surface area contributed by atoms with Gasteiger partial charge in [0.25, 0.3) is 0 Å². The minimum absolute atomic E-state index is 0.304. The quantitative estimate of drug-likeness (QED) is 0.791. The summed E-state index contributed by atoms with van der Waals surface area (Å²) in [6.07, 6.45) is 1.65. The Labute approximate surface area is 142 Å². The summed E-state index contributed by atoms with van der Waals surface area (Å²) in [6.45, 7) is 10.0. The smallest absolute Gasteiger partial charge is 0.339 e. The summed E-state index contributed by atoms with van der Waals surface area (Å²) in [5.41, 5.74) is 1.90. The van der Waals surface area contributed by atoms with Crippen molar-refractivity contribution < 1.29 is 14.3 Å². The standard InChI is InChI=1S/C19H24N2O3/c1-13-12-23-10-9-21(13)14-5-6-17-16(11-14)15(7-8-20-17)18(22)24-19(2,3)4/h5-8,11,13H,9-10,12H2,1-4H3/t13-/m0/s1. The van der Waals surface area contributed by atoms with Gasteiger partial charge in [-0.15, -0.1) is 0 Å². The molecule has 2 aromatic rings. The van der Waals surface area contributed by atoms with Crippen LogP contribution < -0.4 is 4.90 Å². The molecule has 1 fully saturated rings. The lowest BCUT2D eigenvalue weighted by Crippen LogP contribution is -2.43. The van der Waals surface area contributed by atoms with Crippen molar-refractivity contribution in [3.8, 4) is 0 Å². The fourth-order valence-corrected chi connectivity index (χ4v) is 2.93. The van der Waals surface area contributed by atoms with Gasteiger partial charge in [0.2, 0.25) is 0 Å². The molecule has 3 rings (SSSR count). The number of ether oxygens (including phenoxy) is 2. The van der Waals surface area contributed by atoms with E-state index in [4.69, 9.17) is 9.47 Å². The largest absolute Gasteiger partial charge is 0.456 e. The van der Waals surface area contributed by atoms with Crippen molar-refractivity contribution >= 4 is 22.6 Å². The first kappa shape index (κ1) is 16.7. The van der Waals surface area contributed by atoms with E-state index in [-0.39, 0.29) is 5.97 Å². The van der Waals surface area contributed by atoms with Gasteiger partial charge in [-0.3, -0.25) is 4.98 Å². The maximum Gasteiger partial charge on any atom is 0.339 e. The summed E-state index contributed by atoms with van der Waals surface area (Å²) in [5, 5.41) is 0.822. The molecule has 1 saturated heterocycles. The van der Waals surface area contributed by atoms with E-state index in [1.807, 2.05) is 32.9 Å². The molecular weight excluding hydrogens is 304 g/mol. The van der Waals surface area contributed by atoms with Gasteiger partial charge in [0.1, 0.15) is 5.60 Å². The summed E-state index contributed by atoms with van der Waals surface area (Å²) < 4.78 is 11.0. The van der Waals surface area contributed by atoms with E-state index in [1.165, 1.54) is 0 Å². The Morgan fingerprint density at radius 2 is 2.12 bits per heavy atom. The van der Waals surface area contributed by atoms with Gasteiger partial charge in [-0.05, 0) is 52.0 Å². The van der Waals surface area contributed by atoms with Crippen LogP contribution in [-0.2, 0) is 9.47 Å². The van der Waals surface area contributed by atoms with Gasteiger partial charge in [-0.1, -0.05) is 0 Å². The number of hydrogen-bond acceptors (Lipinski definition) is 5. The zero-order valence-electron chi connectivity index (χ0n) is 14.7. The summed E-state index contributed by atoms with van der Waals surface area (Å²) >= 11 is 0. The topological polar surface area (TPSA) is 51.7 Å². The van der Waals surface area contributed by atoms with Gasteiger partial charge in [0.15, 0.2) is 0 Å². The zero-order chi connectivity index (χ0) is 17.3. The lowest BCUT2D eigenvalue weighted by atomic mass is 10.1. The number of hydrogen-bond donors (Lipinski definition) is 0. The molecule has 24 heavy (non-hydrogen) atoms. The third kappa shape index (κ3) is 3.51. The molecule has 1 aliphatic rings. The van der Waals surface area contributed by atoms with Gasteiger partial charge in [0, 0.05) is 29.9 Å². The molecule has 0 spiro atoms. The molecule has 2 heterocycles. The van der Waals surface area contributed by atoms with Crippen molar-refractivity contribution in [2.75, 3.05) is 24.7 Å². The number of esters is 1. The van der Waals surface area contributed by atoms with E-state index in [0.29, 0.717) is 24.8 Å². The van der Waals surface area contributed by atoms with Crippen LogP contribution in [0, 0.1) is 0 Å². The van der Waals surface area contributed by atoms with E-state index in [9.17, 15) is 4.79 Å². The highest BCUT2D eigenvalue weighted by atomic mass is 16.6. The Kier molecular flexibility index (Phi) is 4.45. The van der Waals surface area contributed by atoms with Crippen LogP contribution in [0.3, 0.4) is 0 Å². The maximum atomic E-state index is 12.5. The van der Waals surface area contributed by atoms with Crippen LogP contribution in [0.2, 0.25) is 0 Å². The molecular formula is C19H24N2O3. The Morgan fingerprint density at radius 3 is 2.83 bits per heavy atom. The first-order valence-corrected chi connectivity index (χ1v) is 8.32. The Morgan fingerprint density at radius 1 is 1.33 bits per heavy atom. The highest BCUT2D eigenvalue weighted by molar-refractivity contribution is 6.04. The monoisotopic (exact) mass is 328 g/mol. The molecule has 1 aromatic carbocycles. The molecule has 1 aromatic heterocycles. The zero-order valence-corrected chi connectivity index (χ0v) is 14.7. The van der Waals surface area contributed by atoms with E-state index in [0.717, 1.165) is 23.1 Å². The molecule has 5 nitrogen and oxygen atoms in total. The number of pyridine rings is 1. The third-order valence-corrected chi connectivity index (χ3v) is 4.04. The van der Waals surface area contributed by atoms with Gasteiger partial charge in [-0.25, -0.2) is 4.79 Å². The summed E-state index contributed by atoms with van der Waals surface area (Å²) in [4.78, 5) is 19.2. The normalized spacial score (nSPS) is 18.7. The van der Waals surface area contributed by atoms with Crippen molar-refractivity contribution in [1.29, 1.82) is 0 Å². The minimum Gasteiger partial charge on any atom is -0.456 e. The molecule has 0 bridgehead atoms.